The number of nitrogens with zero attached hydrogens (tertiary/aromatic N) is 1. The molecule has 0 aromatic heterocycles. The van der Waals surface area contributed by atoms with E-state index in [0.29, 0.717) is 6.42 Å². The molecule has 1 aromatic carbocycles. The molecular formula is C15H19NO2. The van der Waals surface area contributed by atoms with Gasteiger partial charge >= 0.3 is 5.97 Å². The van der Waals surface area contributed by atoms with Gasteiger partial charge in [-0.3, -0.25) is 4.79 Å². The Morgan fingerprint density at radius 1 is 1.33 bits per heavy atom. The van der Waals surface area contributed by atoms with Crippen molar-refractivity contribution < 1.29 is 9.90 Å². The van der Waals surface area contributed by atoms with Crippen molar-refractivity contribution in [3.8, 4) is 6.07 Å². The molecule has 0 aliphatic carbocycles. The Hall–Kier alpha value is -1.82. The Morgan fingerprint density at radius 3 is 2.50 bits per heavy atom. The van der Waals surface area contributed by atoms with Gasteiger partial charge in [-0.25, -0.2) is 0 Å². The predicted octanol–water partition coefficient (Wildman–Crippen LogP) is 3.50. The van der Waals surface area contributed by atoms with E-state index in [1.807, 2.05) is 30.3 Å². The number of nitriles is 1. The fraction of sp³-hybridized carbons (Fsp3) is 0.467. The lowest BCUT2D eigenvalue weighted by Crippen LogP contribution is -2.25. The van der Waals surface area contributed by atoms with Crippen molar-refractivity contribution in [1.29, 1.82) is 5.26 Å². The molecule has 0 heterocycles. The number of carboxylic acid groups (broad SMARTS) is 1. The summed E-state index contributed by atoms with van der Waals surface area (Å²) in [5, 5.41) is 18.4. The summed E-state index contributed by atoms with van der Waals surface area (Å²) in [6.07, 6.45) is 3.07. The van der Waals surface area contributed by atoms with Gasteiger partial charge in [0.05, 0.1) is 11.5 Å². The number of hydrogen-bond acceptors (Lipinski definition) is 2. The minimum Gasteiger partial charge on any atom is -0.481 e. The van der Waals surface area contributed by atoms with Gasteiger partial charge in [0.1, 0.15) is 0 Å². The number of unbranched alkanes of at least 4 members (excludes halogenated alkanes) is 1. The second-order valence-electron chi connectivity index (χ2n) is 4.56. The molecule has 0 bridgehead atoms. The van der Waals surface area contributed by atoms with E-state index in [1.54, 1.807) is 0 Å². The maximum atomic E-state index is 10.8. The molecule has 1 unspecified atom stereocenters. The van der Waals surface area contributed by atoms with Crippen LogP contribution in [0.25, 0.3) is 0 Å². The summed E-state index contributed by atoms with van der Waals surface area (Å²) in [6, 6.07) is 11.9. The molecule has 0 aliphatic heterocycles. The Morgan fingerprint density at radius 2 is 2.00 bits per heavy atom. The highest BCUT2D eigenvalue weighted by molar-refractivity contribution is 5.67. The SMILES string of the molecule is CCCCC(C#N)(CCC(=O)O)c1ccccc1. The largest absolute Gasteiger partial charge is 0.481 e. The molecule has 0 aliphatic rings. The van der Waals surface area contributed by atoms with E-state index in [9.17, 15) is 10.1 Å². The maximum absolute atomic E-state index is 10.8. The molecule has 3 nitrogen and oxygen atoms in total. The number of benzene rings is 1. The third-order valence-electron chi connectivity index (χ3n) is 3.26. The molecule has 18 heavy (non-hydrogen) atoms. The summed E-state index contributed by atoms with van der Waals surface area (Å²) in [7, 11) is 0. The number of hydrogen-bond donors (Lipinski definition) is 1. The molecule has 0 radical (unpaired) electrons. The van der Waals surface area contributed by atoms with Crippen molar-refractivity contribution in [3.05, 3.63) is 35.9 Å². The molecule has 3 heteroatoms. The minimum atomic E-state index is -0.845. The van der Waals surface area contributed by atoms with Crippen LogP contribution in [0.15, 0.2) is 30.3 Å². The van der Waals surface area contributed by atoms with Crippen LogP contribution in [0.1, 0.15) is 44.6 Å². The van der Waals surface area contributed by atoms with E-state index < -0.39 is 11.4 Å². The van der Waals surface area contributed by atoms with Gasteiger partial charge < -0.3 is 5.11 Å². The third kappa shape index (κ3) is 3.59. The highest BCUT2D eigenvalue weighted by Gasteiger charge is 2.31. The Labute approximate surface area is 108 Å². The van der Waals surface area contributed by atoms with Crippen molar-refractivity contribution in [3.63, 3.8) is 0 Å². The Balaban J connectivity index is 2.98. The highest BCUT2D eigenvalue weighted by Crippen LogP contribution is 2.34. The third-order valence-corrected chi connectivity index (χ3v) is 3.26. The number of carboxylic acids is 1. The van der Waals surface area contributed by atoms with Gasteiger partial charge in [-0.15, -0.1) is 0 Å². The van der Waals surface area contributed by atoms with E-state index in [1.165, 1.54) is 0 Å². The normalized spacial score (nSPS) is 13.6. The first-order valence-electron chi connectivity index (χ1n) is 6.33. The first-order chi connectivity index (χ1) is 8.64. The summed E-state index contributed by atoms with van der Waals surface area (Å²) in [5.41, 5.74) is 0.276. The van der Waals surface area contributed by atoms with Crippen molar-refractivity contribution in [1.82, 2.24) is 0 Å². The highest BCUT2D eigenvalue weighted by atomic mass is 16.4. The number of aliphatic carboxylic acids is 1. The van der Waals surface area contributed by atoms with Gasteiger partial charge in [0.2, 0.25) is 0 Å². The van der Waals surface area contributed by atoms with Crippen molar-refractivity contribution in [2.45, 2.75) is 44.4 Å². The van der Waals surface area contributed by atoms with Gasteiger partial charge in [0.25, 0.3) is 0 Å². The first-order valence-corrected chi connectivity index (χ1v) is 6.33. The van der Waals surface area contributed by atoms with E-state index >= 15 is 0 Å². The molecule has 1 N–H and O–H groups in total. The van der Waals surface area contributed by atoms with Crippen LogP contribution >= 0.6 is 0 Å². The van der Waals surface area contributed by atoms with Crippen LogP contribution in [0.3, 0.4) is 0 Å². The molecule has 0 fully saturated rings. The number of carbonyl (C=O) groups is 1. The number of rotatable bonds is 7. The lowest BCUT2D eigenvalue weighted by atomic mass is 9.74. The second kappa shape index (κ2) is 6.80. The van der Waals surface area contributed by atoms with Crippen LogP contribution in [0.4, 0.5) is 0 Å². The zero-order chi connectivity index (χ0) is 13.4. The zero-order valence-electron chi connectivity index (χ0n) is 10.7. The maximum Gasteiger partial charge on any atom is 0.303 e. The molecule has 1 aromatic rings. The zero-order valence-corrected chi connectivity index (χ0v) is 10.7. The van der Waals surface area contributed by atoms with E-state index in [0.717, 1.165) is 24.8 Å². The smallest absolute Gasteiger partial charge is 0.303 e. The summed E-state index contributed by atoms with van der Waals surface area (Å²) in [5.74, 6) is -0.845. The summed E-state index contributed by atoms with van der Waals surface area (Å²) < 4.78 is 0. The van der Waals surface area contributed by atoms with Crippen LogP contribution in [0, 0.1) is 11.3 Å². The van der Waals surface area contributed by atoms with Gasteiger partial charge in [0, 0.05) is 6.42 Å². The molecule has 0 saturated carbocycles. The van der Waals surface area contributed by atoms with E-state index in [2.05, 4.69) is 13.0 Å². The van der Waals surface area contributed by atoms with Crippen LogP contribution < -0.4 is 0 Å². The van der Waals surface area contributed by atoms with Crippen molar-refractivity contribution in [2.75, 3.05) is 0 Å². The molecule has 0 saturated heterocycles. The lowest BCUT2D eigenvalue weighted by molar-refractivity contribution is -0.137. The quantitative estimate of drug-likeness (QED) is 0.799. The Kier molecular flexibility index (Phi) is 5.38. The first kappa shape index (κ1) is 14.2. The second-order valence-corrected chi connectivity index (χ2v) is 4.56. The van der Waals surface area contributed by atoms with Crippen LogP contribution in [-0.2, 0) is 10.2 Å². The van der Waals surface area contributed by atoms with E-state index in [4.69, 9.17) is 5.11 Å². The van der Waals surface area contributed by atoms with Crippen LogP contribution in [0.5, 0.6) is 0 Å². The molecule has 96 valence electrons. The summed E-state index contributed by atoms with van der Waals surface area (Å²) in [4.78, 5) is 10.8. The van der Waals surface area contributed by atoms with Crippen molar-refractivity contribution in [2.24, 2.45) is 0 Å². The molecular weight excluding hydrogens is 226 g/mol. The molecule has 1 atom stereocenters. The summed E-state index contributed by atoms with van der Waals surface area (Å²) >= 11 is 0. The fourth-order valence-corrected chi connectivity index (χ4v) is 2.15. The fourth-order valence-electron chi connectivity index (χ4n) is 2.15. The molecule has 1 rings (SSSR count). The van der Waals surface area contributed by atoms with Gasteiger partial charge in [-0.2, -0.15) is 5.26 Å². The van der Waals surface area contributed by atoms with Crippen molar-refractivity contribution >= 4 is 5.97 Å². The Bertz CT molecular complexity index is 422. The monoisotopic (exact) mass is 245 g/mol. The topological polar surface area (TPSA) is 61.1 Å². The van der Waals surface area contributed by atoms with Crippen LogP contribution in [0.2, 0.25) is 0 Å². The minimum absolute atomic E-state index is 0.0339. The van der Waals surface area contributed by atoms with Gasteiger partial charge in [0.15, 0.2) is 0 Å². The standard InChI is InChI=1S/C15H19NO2/c1-2-3-10-15(12-16,11-9-14(17)18)13-7-5-4-6-8-13/h4-8H,2-3,9-11H2,1H3,(H,17,18). The molecule has 0 amide bonds. The predicted molar refractivity (Wildman–Crippen MR) is 70.1 cm³/mol. The summed E-state index contributed by atoms with van der Waals surface area (Å²) in [6.45, 7) is 2.07. The average Bonchev–Trinajstić information content (AvgIpc) is 2.40. The van der Waals surface area contributed by atoms with Crippen LogP contribution in [-0.4, -0.2) is 11.1 Å². The van der Waals surface area contributed by atoms with Gasteiger partial charge in [-0.05, 0) is 18.4 Å². The average molecular weight is 245 g/mol. The lowest BCUT2D eigenvalue weighted by Gasteiger charge is -2.26. The van der Waals surface area contributed by atoms with E-state index in [-0.39, 0.29) is 6.42 Å². The van der Waals surface area contributed by atoms with Gasteiger partial charge in [-0.1, -0.05) is 50.1 Å². The molecule has 0 spiro atoms.